The van der Waals surface area contributed by atoms with E-state index < -0.39 is 0 Å². The van der Waals surface area contributed by atoms with Gasteiger partial charge in [-0.15, -0.1) is 10.2 Å². The molecule has 0 spiro atoms. The summed E-state index contributed by atoms with van der Waals surface area (Å²) in [6.45, 7) is 3.67. The van der Waals surface area contributed by atoms with Crippen LogP contribution in [-0.2, 0) is 0 Å². The number of nitrogens with one attached hydrogen (secondary N) is 1. The fourth-order valence-electron chi connectivity index (χ4n) is 2.59. The third-order valence-corrected chi connectivity index (χ3v) is 4.83. The summed E-state index contributed by atoms with van der Waals surface area (Å²) in [7, 11) is 0. The Morgan fingerprint density at radius 2 is 1.91 bits per heavy atom. The summed E-state index contributed by atoms with van der Waals surface area (Å²) >= 11 is 3.51. The Morgan fingerprint density at radius 1 is 1.13 bits per heavy atom. The number of aromatic nitrogens is 2. The molecule has 1 aromatic carbocycles. The molecule has 120 valence electrons. The summed E-state index contributed by atoms with van der Waals surface area (Å²) in [5.74, 6) is 0.595. The van der Waals surface area contributed by atoms with Gasteiger partial charge in [-0.25, -0.2) is 0 Å². The minimum Gasteiger partial charge on any atom is -0.339 e. The number of halogens is 1. The summed E-state index contributed by atoms with van der Waals surface area (Å²) < 4.78 is 1.03. The van der Waals surface area contributed by atoms with Crippen LogP contribution in [0.25, 0.3) is 0 Å². The van der Waals surface area contributed by atoms with Crippen LogP contribution >= 0.6 is 15.9 Å². The number of amides is 1. The van der Waals surface area contributed by atoms with Gasteiger partial charge in [0.05, 0.1) is 0 Å². The zero-order valence-electron chi connectivity index (χ0n) is 13.1. The van der Waals surface area contributed by atoms with Gasteiger partial charge in [0.25, 0.3) is 5.91 Å². The highest BCUT2D eigenvalue weighted by Gasteiger charge is 2.19. The monoisotopic (exact) mass is 374 g/mol. The highest BCUT2D eigenvalue weighted by Crippen LogP contribution is 2.22. The first-order valence-corrected chi connectivity index (χ1v) is 8.59. The SMILES string of the molecule is Cc1ccc(Nc2ccc(C(=O)N3CCCCC3)nn2)cc1Br. The number of hydrogen-bond acceptors (Lipinski definition) is 4. The third kappa shape index (κ3) is 3.88. The van der Waals surface area contributed by atoms with Crippen molar-refractivity contribution < 1.29 is 4.79 Å². The van der Waals surface area contributed by atoms with Crippen LogP contribution in [0.1, 0.15) is 35.3 Å². The smallest absolute Gasteiger partial charge is 0.274 e. The van der Waals surface area contributed by atoms with Crippen molar-refractivity contribution in [2.24, 2.45) is 0 Å². The molecule has 0 atom stereocenters. The van der Waals surface area contributed by atoms with Gasteiger partial charge in [0.2, 0.25) is 0 Å². The molecule has 0 aliphatic carbocycles. The molecular formula is C17H19BrN4O. The molecule has 1 amide bonds. The highest BCUT2D eigenvalue weighted by atomic mass is 79.9. The predicted molar refractivity (Wildman–Crippen MR) is 93.9 cm³/mol. The summed E-state index contributed by atoms with van der Waals surface area (Å²) in [5, 5.41) is 11.4. The van der Waals surface area contributed by atoms with Crippen molar-refractivity contribution in [1.29, 1.82) is 0 Å². The van der Waals surface area contributed by atoms with Gasteiger partial charge < -0.3 is 10.2 Å². The Morgan fingerprint density at radius 3 is 2.57 bits per heavy atom. The fraction of sp³-hybridized carbons (Fsp3) is 0.353. The van der Waals surface area contributed by atoms with Crippen LogP contribution in [0.5, 0.6) is 0 Å². The summed E-state index contributed by atoms with van der Waals surface area (Å²) in [5.41, 5.74) is 2.50. The number of hydrogen-bond donors (Lipinski definition) is 1. The maximum Gasteiger partial charge on any atom is 0.274 e. The van der Waals surface area contributed by atoms with E-state index in [2.05, 4.69) is 31.4 Å². The minimum atomic E-state index is -0.0261. The van der Waals surface area contributed by atoms with E-state index in [1.165, 1.54) is 12.0 Å². The van der Waals surface area contributed by atoms with Crippen LogP contribution in [0.3, 0.4) is 0 Å². The van der Waals surface area contributed by atoms with Crippen molar-refractivity contribution >= 4 is 33.3 Å². The van der Waals surface area contributed by atoms with Gasteiger partial charge >= 0.3 is 0 Å². The largest absolute Gasteiger partial charge is 0.339 e. The lowest BCUT2D eigenvalue weighted by Gasteiger charge is -2.26. The zero-order chi connectivity index (χ0) is 16.2. The van der Waals surface area contributed by atoms with E-state index in [0.29, 0.717) is 11.5 Å². The van der Waals surface area contributed by atoms with E-state index in [-0.39, 0.29) is 5.91 Å². The molecule has 0 saturated carbocycles. The lowest BCUT2D eigenvalue weighted by molar-refractivity contribution is 0.0717. The number of piperidine rings is 1. The van der Waals surface area contributed by atoms with Crippen molar-refractivity contribution in [3.63, 3.8) is 0 Å². The quantitative estimate of drug-likeness (QED) is 0.884. The average Bonchev–Trinajstić information content (AvgIpc) is 2.59. The molecule has 0 bridgehead atoms. The molecule has 2 aromatic rings. The number of likely N-dealkylation sites (tertiary alicyclic amines) is 1. The molecule has 3 rings (SSSR count). The predicted octanol–water partition coefficient (Wildman–Crippen LogP) is 3.92. The second kappa shape index (κ2) is 7.08. The number of anilines is 2. The van der Waals surface area contributed by atoms with Crippen molar-refractivity contribution in [2.45, 2.75) is 26.2 Å². The first-order chi connectivity index (χ1) is 11.1. The van der Waals surface area contributed by atoms with Crippen molar-refractivity contribution in [2.75, 3.05) is 18.4 Å². The molecule has 0 unspecified atom stereocenters. The Kier molecular flexibility index (Phi) is 4.91. The van der Waals surface area contributed by atoms with Crippen LogP contribution < -0.4 is 5.32 Å². The van der Waals surface area contributed by atoms with Crippen LogP contribution in [0.4, 0.5) is 11.5 Å². The molecule has 2 heterocycles. The summed E-state index contributed by atoms with van der Waals surface area (Å²) in [6.07, 6.45) is 3.34. The van der Waals surface area contributed by atoms with Crippen LogP contribution in [0, 0.1) is 6.92 Å². The first-order valence-electron chi connectivity index (χ1n) is 7.80. The van der Waals surface area contributed by atoms with Gasteiger partial charge in [0.1, 0.15) is 0 Å². The van der Waals surface area contributed by atoms with E-state index >= 15 is 0 Å². The van der Waals surface area contributed by atoms with E-state index in [9.17, 15) is 4.79 Å². The normalized spacial score (nSPS) is 14.6. The first kappa shape index (κ1) is 15.9. The van der Waals surface area contributed by atoms with Gasteiger partial charge in [-0.05, 0) is 56.0 Å². The van der Waals surface area contributed by atoms with Crippen molar-refractivity contribution in [1.82, 2.24) is 15.1 Å². The molecule has 1 N–H and O–H groups in total. The molecule has 1 saturated heterocycles. The standard InChI is InChI=1S/C17H19BrN4O/c1-12-5-6-13(11-14(12)18)19-16-8-7-15(20-21-16)17(23)22-9-3-2-4-10-22/h5-8,11H,2-4,9-10H2,1H3,(H,19,21). The van der Waals surface area contributed by atoms with Crippen LogP contribution in [0.2, 0.25) is 0 Å². The molecule has 1 fully saturated rings. The topological polar surface area (TPSA) is 58.1 Å². The number of nitrogens with zero attached hydrogens (tertiary/aromatic N) is 3. The fourth-order valence-corrected chi connectivity index (χ4v) is 2.97. The number of aryl methyl sites for hydroxylation is 1. The number of benzene rings is 1. The summed E-state index contributed by atoms with van der Waals surface area (Å²) in [4.78, 5) is 14.2. The van der Waals surface area contributed by atoms with E-state index in [1.807, 2.05) is 30.0 Å². The van der Waals surface area contributed by atoms with Gasteiger partial charge in [-0.1, -0.05) is 22.0 Å². The molecule has 0 radical (unpaired) electrons. The molecule has 5 nitrogen and oxygen atoms in total. The molecule has 1 aliphatic heterocycles. The van der Waals surface area contributed by atoms with E-state index in [4.69, 9.17) is 0 Å². The second-order valence-electron chi connectivity index (χ2n) is 5.75. The molecule has 23 heavy (non-hydrogen) atoms. The lowest BCUT2D eigenvalue weighted by Crippen LogP contribution is -2.36. The highest BCUT2D eigenvalue weighted by molar-refractivity contribution is 9.10. The maximum absolute atomic E-state index is 12.3. The zero-order valence-corrected chi connectivity index (χ0v) is 14.6. The van der Waals surface area contributed by atoms with Crippen molar-refractivity contribution in [3.8, 4) is 0 Å². The Hall–Kier alpha value is -1.95. The Labute approximate surface area is 144 Å². The van der Waals surface area contributed by atoms with Crippen LogP contribution in [-0.4, -0.2) is 34.1 Å². The number of carbonyl (C=O) groups is 1. The van der Waals surface area contributed by atoms with Gasteiger partial charge in [-0.2, -0.15) is 0 Å². The minimum absolute atomic E-state index is 0.0261. The molecule has 6 heteroatoms. The second-order valence-corrected chi connectivity index (χ2v) is 6.60. The van der Waals surface area contributed by atoms with E-state index in [1.54, 1.807) is 12.1 Å². The maximum atomic E-state index is 12.3. The van der Waals surface area contributed by atoms with Gasteiger partial charge in [0.15, 0.2) is 11.5 Å². The van der Waals surface area contributed by atoms with Gasteiger partial charge in [-0.3, -0.25) is 4.79 Å². The van der Waals surface area contributed by atoms with Crippen LogP contribution in [0.15, 0.2) is 34.8 Å². The van der Waals surface area contributed by atoms with Gasteiger partial charge in [0, 0.05) is 23.2 Å². The Bertz CT molecular complexity index is 696. The molecular weight excluding hydrogens is 356 g/mol. The number of rotatable bonds is 3. The summed E-state index contributed by atoms with van der Waals surface area (Å²) in [6, 6.07) is 9.51. The molecule has 1 aromatic heterocycles. The van der Waals surface area contributed by atoms with Crippen molar-refractivity contribution in [3.05, 3.63) is 46.1 Å². The lowest BCUT2D eigenvalue weighted by atomic mass is 10.1. The Balaban J connectivity index is 1.68. The average molecular weight is 375 g/mol. The van der Waals surface area contributed by atoms with E-state index in [0.717, 1.165) is 36.1 Å². The molecule has 1 aliphatic rings. The number of carbonyl (C=O) groups excluding carboxylic acids is 1. The third-order valence-electron chi connectivity index (χ3n) is 3.97.